The van der Waals surface area contributed by atoms with E-state index in [1.54, 1.807) is 35.4 Å². The van der Waals surface area contributed by atoms with Crippen molar-refractivity contribution in [1.82, 2.24) is 19.6 Å². The van der Waals surface area contributed by atoms with Crippen LogP contribution in [0.25, 0.3) is 0 Å². The minimum absolute atomic E-state index is 0.0966. The van der Waals surface area contributed by atoms with Crippen LogP contribution in [0.5, 0.6) is 5.75 Å². The van der Waals surface area contributed by atoms with Crippen molar-refractivity contribution < 1.29 is 22.7 Å². The highest BCUT2D eigenvalue weighted by Gasteiger charge is 2.30. The van der Waals surface area contributed by atoms with Crippen LogP contribution in [0.4, 0.5) is 13.2 Å². The maximum absolute atomic E-state index is 12.9. The van der Waals surface area contributed by atoms with Gasteiger partial charge in [-0.3, -0.25) is 9.69 Å². The van der Waals surface area contributed by atoms with Gasteiger partial charge in [-0.1, -0.05) is 45.7 Å². The summed E-state index contributed by atoms with van der Waals surface area (Å²) in [5.41, 5.74) is 0.247. The third-order valence-corrected chi connectivity index (χ3v) is 6.21. The van der Waals surface area contributed by atoms with E-state index in [2.05, 4.69) is 21.0 Å². The van der Waals surface area contributed by atoms with E-state index in [0.29, 0.717) is 54.8 Å². The average Bonchev–Trinajstić information content (AvgIpc) is 3.27. The first-order valence-electron chi connectivity index (χ1n) is 10.5. The van der Waals surface area contributed by atoms with Gasteiger partial charge in [0.2, 0.25) is 0 Å². The van der Waals surface area contributed by atoms with E-state index in [1.165, 1.54) is 16.8 Å². The van der Waals surface area contributed by atoms with Crippen molar-refractivity contribution in [1.29, 1.82) is 0 Å². The maximum Gasteiger partial charge on any atom is 0.416 e. The predicted octanol–water partition coefficient (Wildman–Crippen LogP) is 5.31. The number of ether oxygens (including phenoxy) is 1. The summed E-state index contributed by atoms with van der Waals surface area (Å²) in [4.78, 5) is 16.6. The standard InChI is InChI=1S/C23H21BrClF3N4O2/c24-18-4-5-21(19(25)13-18)34-15-32-7-6-20(29-32)22(33)31-10-8-30(9-11-31)14-16-2-1-3-17(12-16)23(26,27)28/h1-7,12-13H,8-11,14-15H2. The van der Waals surface area contributed by atoms with E-state index in [-0.39, 0.29) is 12.6 Å². The van der Waals surface area contributed by atoms with Gasteiger partial charge in [0, 0.05) is 43.4 Å². The van der Waals surface area contributed by atoms with Gasteiger partial charge < -0.3 is 9.64 Å². The quantitative estimate of drug-likeness (QED) is 0.412. The Balaban J connectivity index is 1.29. The van der Waals surface area contributed by atoms with Crippen molar-refractivity contribution in [2.24, 2.45) is 0 Å². The number of nitrogens with zero attached hydrogens (tertiary/aromatic N) is 4. The van der Waals surface area contributed by atoms with Gasteiger partial charge in [-0.15, -0.1) is 0 Å². The average molecular weight is 558 g/mol. The van der Waals surface area contributed by atoms with Gasteiger partial charge >= 0.3 is 6.18 Å². The zero-order chi connectivity index (χ0) is 24.3. The summed E-state index contributed by atoms with van der Waals surface area (Å²) in [5.74, 6) is 0.310. The van der Waals surface area contributed by atoms with Gasteiger partial charge in [0.15, 0.2) is 12.4 Å². The molecule has 0 N–H and O–H groups in total. The number of amides is 1. The van der Waals surface area contributed by atoms with Gasteiger partial charge in [0.25, 0.3) is 5.91 Å². The van der Waals surface area contributed by atoms with E-state index >= 15 is 0 Å². The van der Waals surface area contributed by atoms with Crippen molar-refractivity contribution >= 4 is 33.4 Å². The molecule has 0 radical (unpaired) electrons. The molecule has 11 heteroatoms. The summed E-state index contributed by atoms with van der Waals surface area (Å²) in [7, 11) is 0. The van der Waals surface area contributed by atoms with Crippen LogP contribution in [0.1, 0.15) is 21.6 Å². The molecule has 1 aromatic heterocycles. The third-order valence-electron chi connectivity index (χ3n) is 5.43. The molecule has 4 rings (SSSR count). The highest BCUT2D eigenvalue weighted by Crippen LogP contribution is 2.30. The van der Waals surface area contributed by atoms with Crippen molar-refractivity contribution in [2.75, 3.05) is 26.2 Å². The Kier molecular flexibility index (Phi) is 7.49. The number of carbonyl (C=O) groups is 1. The molecule has 1 saturated heterocycles. The molecule has 0 atom stereocenters. The smallest absolute Gasteiger partial charge is 0.416 e. The summed E-state index contributed by atoms with van der Waals surface area (Å²) >= 11 is 9.48. The van der Waals surface area contributed by atoms with Crippen LogP contribution in [0, 0.1) is 0 Å². The molecule has 1 amide bonds. The Morgan fingerprint density at radius 3 is 2.56 bits per heavy atom. The van der Waals surface area contributed by atoms with Crippen molar-refractivity contribution in [2.45, 2.75) is 19.5 Å². The summed E-state index contributed by atoms with van der Waals surface area (Å²) in [5, 5.41) is 4.75. The lowest BCUT2D eigenvalue weighted by Crippen LogP contribution is -2.48. The number of alkyl halides is 3. The molecule has 0 saturated carbocycles. The molecule has 1 fully saturated rings. The first-order valence-corrected chi connectivity index (χ1v) is 11.7. The fraction of sp³-hybridized carbons (Fsp3) is 0.304. The second-order valence-corrected chi connectivity index (χ2v) is 9.18. The van der Waals surface area contributed by atoms with E-state index in [0.717, 1.165) is 10.5 Å². The van der Waals surface area contributed by atoms with Crippen LogP contribution in [-0.4, -0.2) is 51.7 Å². The minimum atomic E-state index is -4.36. The monoisotopic (exact) mass is 556 g/mol. The highest BCUT2D eigenvalue weighted by atomic mass is 79.9. The normalized spacial score (nSPS) is 14.9. The lowest BCUT2D eigenvalue weighted by molar-refractivity contribution is -0.137. The molecule has 2 heterocycles. The van der Waals surface area contributed by atoms with Gasteiger partial charge in [-0.05, 0) is 35.9 Å². The number of aromatic nitrogens is 2. The van der Waals surface area contributed by atoms with Crippen molar-refractivity contribution in [3.05, 3.63) is 81.0 Å². The van der Waals surface area contributed by atoms with Crippen LogP contribution in [0.2, 0.25) is 5.02 Å². The zero-order valence-corrected chi connectivity index (χ0v) is 20.3. The SMILES string of the molecule is O=C(c1ccn(COc2ccc(Br)cc2Cl)n1)N1CCN(Cc2cccc(C(F)(F)F)c2)CC1. The number of hydrogen-bond donors (Lipinski definition) is 0. The Morgan fingerprint density at radius 1 is 1.09 bits per heavy atom. The largest absolute Gasteiger partial charge is 0.470 e. The summed E-state index contributed by atoms with van der Waals surface area (Å²) in [6, 6.07) is 12.2. The first kappa shape index (κ1) is 24.6. The molecular formula is C23H21BrClF3N4O2. The van der Waals surface area contributed by atoms with Crippen LogP contribution >= 0.6 is 27.5 Å². The molecule has 0 spiro atoms. The molecule has 0 bridgehead atoms. The van der Waals surface area contributed by atoms with Crippen LogP contribution < -0.4 is 4.74 Å². The van der Waals surface area contributed by atoms with Crippen molar-refractivity contribution in [3.8, 4) is 5.75 Å². The Labute approximate surface area is 208 Å². The number of carbonyl (C=O) groups excluding carboxylic acids is 1. The third kappa shape index (κ3) is 6.11. The molecule has 180 valence electrons. The first-order chi connectivity index (χ1) is 16.2. The Morgan fingerprint density at radius 2 is 1.85 bits per heavy atom. The lowest BCUT2D eigenvalue weighted by Gasteiger charge is -2.34. The van der Waals surface area contributed by atoms with E-state index in [9.17, 15) is 18.0 Å². The molecule has 2 aromatic carbocycles. The summed E-state index contributed by atoms with van der Waals surface area (Å²) < 4.78 is 46.8. The molecule has 6 nitrogen and oxygen atoms in total. The van der Waals surface area contributed by atoms with Crippen molar-refractivity contribution in [3.63, 3.8) is 0 Å². The molecule has 1 aliphatic heterocycles. The fourth-order valence-electron chi connectivity index (χ4n) is 3.65. The maximum atomic E-state index is 12.9. The number of hydrogen-bond acceptors (Lipinski definition) is 4. The number of piperazine rings is 1. The highest BCUT2D eigenvalue weighted by molar-refractivity contribution is 9.10. The topological polar surface area (TPSA) is 50.6 Å². The summed E-state index contributed by atoms with van der Waals surface area (Å²) in [6.45, 7) is 2.56. The lowest BCUT2D eigenvalue weighted by atomic mass is 10.1. The zero-order valence-electron chi connectivity index (χ0n) is 17.9. The Bertz CT molecular complexity index is 1160. The minimum Gasteiger partial charge on any atom is -0.470 e. The van der Waals surface area contributed by atoms with Crippen LogP contribution in [0.3, 0.4) is 0 Å². The number of halogens is 5. The molecule has 0 unspecified atom stereocenters. The van der Waals surface area contributed by atoms with E-state index in [1.807, 2.05) is 11.0 Å². The van der Waals surface area contributed by atoms with Gasteiger partial charge in [-0.25, -0.2) is 4.68 Å². The van der Waals surface area contributed by atoms with E-state index in [4.69, 9.17) is 16.3 Å². The van der Waals surface area contributed by atoms with E-state index < -0.39 is 11.7 Å². The summed E-state index contributed by atoms with van der Waals surface area (Å²) in [6.07, 6.45) is -2.70. The number of rotatable bonds is 6. The molecule has 0 aliphatic carbocycles. The second kappa shape index (κ2) is 10.4. The van der Waals surface area contributed by atoms with Gasteiger partial charge in [0.05, 0.1) is 10.6 Å². The van der Waals surface area contributed by atoms with Gasteiger partial charge in [-0.2, -0.15) is 18.3 Å². The molecule has 1 aliphatic rings. The molecule has 3 aromatic rings. The fourth-order valence-corrected chi connectivity index (χ4v) is 4.38. The van der Waals surface area contributed by atoms with Gasteiger partial charge in [0.1, 0.15) is 5.75 Å². The predicted molar refractivity (Wildman–Crippen MR) is 125 cm³/mol. The Hall–Kier alpha value is -2.56. The second-order valence-electron chi connectivity index (χ2n) is 7.86. The number of benzene rings is 2. The van der Waals surface area contributed by atoms with Crippen LogP contribution in [0.15, 0.2) is 59.2 Å². The molecular weight excluding hydrogens is 537 g/mol. The molecule has 34 heavy (non-hydrogen) atoms. The van der Waals surface area contributed by atoms with Crippen LogP contribution in [-0.2, 0) is 19.5 Å².